The summed E-state index contributed by atoms with van der Waals surface area (Å²) in [5.74, 6) is 0.633. The quantitative estimate of drug-likeness (QED) is 0.708. The van der Waals surface area contributed by atoms with Gasteiger partial charge in [0.15, 0.2) is 0 Å². The standard InChI is InChI=1S/C23H25ClN2O3S/c1-15-5-10-20(24)21-18-3-2-4-19(18)23(25-22(15)21)16-6-8-17(9-7-16)30(27,28)26-11-13-29-14-12-26/h2-3,5-10,18-19,23,25H,4,11-14H2,1H3/t18-,19+,23+/m0/s1. The van der Waals surface area contributed by atoms with Gasteiger partial charge in [0, 0.05) is 35.3 Å². The smallest absolute Gasteiger partial charge is 0.243 e. The highest BCUT2D eigenvalue weighted by Crippen LogP contribution is 2.52. The van der Waals surface area contributed by atoms with E-state index < -0.39 is 10.0 Å². The highest BCUT2D eigenvalue weighted by Gasteiger charge is 2.39. The Hall–Kier alpha value is -1.86. The number of rotatable bonds is 3. The molecule has 0 spiro atoms. The molecule has 1 saturated heterocycles. The molecule has 3 aliphatic rings. The lowest BCUT2D eigenvalue weighted by atomic mass is 9.76. The lowest BCUT2D eigenvalue weighted by Gasteiger charge is -2.39. The number of allylic oxidation sites excluding steroid dienone is 2. The number of halogens is 1. The third-order valence-electron chi connectivity index (χ3n) is 6.52. The van der Waals surface area contributed by atoms with Gasteiger partial charge in [-0.2, -0.15) is 4.31 Å². The zero-order valence-corrected chi connectivity index (χ0v) is 18.4. The number of benzene rings is 2. The number of ether oxygens (including phenoxy) is 1. The summed E-state index contributed by atoms with van der Waals surface area (Å²) in [6.45, 7) is 3.79. The second-order valence-electron chi connectivity index (χ2n) is 8.21. The topological polar surface area (TPSA) is 58.6 Å². The van der Waals surface area contributed by atoms with Crippen molar-refractivity contribution in [1.82, 2.24) is 4.31 Å². The van der Waals surface area contributed by atoms with Crippen LogP contribution in [0.5, 0.6) is 0 Å². The number of morpholine rings is 1. The van der Waals surface area contributed by atoms with E-state index in [0.29, 0.717) is 37.1 Å². The number of aryl methyl sites for hydroxylation is 1. The van der Waals surface area contributed by atoms with E-state index >= 15 is 0 Å². The maximum atomic E-state index is 12.9. The van der Waals surface area contributed by atoms with Crippen LogP contribution in [-0.2, 0) is 14.8 Å². The number of anilines is 1. The van der Waals surface area contributed by atoms with Crippen LogP contribution in [0.3, 0.4) is 0 Å². The predicted octanol–water partition coefficient (Wildman–Crippen LogP) is 4.50. The van der Waals surface area contributed by atoms with Gasteiger partial charge in [-0.25, -0.2) is 8.42 Å². The Balaban J connectivity index is 1.47. The summed E-state index contributed by atoms with van der Waals surface area (Å²) in [5, 5.41) is 4.52. The lowest BCUT2D eigenvalue weighted by molar-refractivity contribution is 0.0730. The fourth-order valence-corrected chi connectivity index (χ4v) is 6.61. The molecule has 0 amide bonds. The van der Waals surface area contributed by atoms with Crippen molar-refractivity contribution >= 4 is 27.3 Å². The molecule has 2 aromatic rings. The molecule has 1 aliphatic carbocycles. The molecule has 2 aliphatic heterocycles. The molecule has 2 aromatic carbocycles. The van der Waals surface area contributed by atoms with Crippen LogP contribution in [-0.4, -0.2) is 39.0 Å². The molecule has 3 atom stereocenters. The normalized spacial score (nSPS) is 26.1. The Morgan fingerprint density at radius 1 is 1.10 bits per heavy atom. The largest absolute Gasteiger partial charge is 0.379 e. The van der Waals surface area contributed by atoms with Gasteiger partial charge in [-0.3, -0.25) is 0 Å². The third kappa shape index (κ3) is 3.26. The summed E-state index contributed by atoms with van der Waals surface area (Å²) in [4.78, 5) is 0.338. The van der Waals surface area contributed by atoms with Crippen LogP contribution in [0.2, 0.25) is 5.02 Å². The molecule has 1 fully saturated rings. The van der Waals surface area contributed by atoms with E-state index in [0.717, 1.165) is 22.7 Å². The molecule has 2 heterocycles. The second-order valence-corrected chi connectivity index (χ2v) is 10.6. The number of nitrogens with one attached hydrogen (secondary N) is 1. The molecule has 7 heteroatoms. The summed E-state index contributed by atoms with van der Waals surface area (Å²) >= 11 is 6.57. The van der Waals surface area contributed by atoms with Crippen molar-refractivity contribution in [1.29, 1.82) is 0 Å². The van der Waals surface area contributed by atoms with Crippen molar-refractivity contribution in [3.05, 3.63) is 70.3 Å². The van der Waals surface area contributed by atoms with E-state index in [4.69, 9.17) is 16.3 Å². The van der Waals surface area contributed by atoms with Crippen LogP contribution in [0.15, 0.2) is 53.4 Å². The molecule has 0 bridgehead atoms. The first kappa shape index (κ1) is 20.1. The van der Waals surface area contributed by atoms with Crippen molar-refractivity contribution in [2.24, 2.45) is 5.92 Å². The molecular weight excluding hydrogens is 420 g/mol. The minimum Gasteiger partial charge on any atom is -0.379 e. The highest BCUT2D eigenvalue weighted by atomic mass is 35.5. The van der Waals surface area contributed by atoms with Crippen LogP contribution < -0.4 is 5.32 Å². The van der Waals surface area contributed by atoms with Gasteiger partial charge in [-0.05, 0) is 48.6 Å². The number of sulfonamides is 1. The van der Waals surface area contributed by atoms with Gasteiger partial charge in [0.05, 0.1) is 24.2 Å². The lowest BCUT2D eigenvalue weighted by Crippen LogP contribution is -2.40. The molecular formula is C23H25ClN2O3S. The van der Waals surface area contributed by atoms with Crippen LogP contribution in [0.4, 0.5) is 5.69 Å². The minimum atomic E-state index is -3.48. The zero-order chi connectivity index (χ0) is 20.9. The molecule has 0 saturated carbocycles. The summed E-state index contributed by atoms with van der Waals surface area (Å²) in [7, 11) is -3.48. The van der Waals surface area contributed by atoms with Crippen molar-refractivity contribution in [2.45, 2.75) is 30.2 Å². The minimum absolute atomic E-state index is 0.106. The van der Waals surface area contributed by atoms with Gasteiger partial charge in [0.1, 0.15) is 0 Å². The van der Waals surface area contributed by atoms with Crippen molar-refractivity contribution in [3.63, 3.8) is 0 Å². The molecule has 0 radical (unpaired) electrons. The average molecular weight is 445 g/mol. The SMILES string of the molecule is Cc1ccc(Cl)c2c1N[C@H](c1ccc(S(=O)(=O)N3CCOCC3)cc1)[C@@H]1CC=C[C@H]21. The van der Waals surface area contributed by atoms with Crippen LogP contribution in [0.25, 0.3) is 0 Å². The number of hydrogen-bond donors (Lipinski definition) is 1. The van der Waals surface area contributed by atoms with Gasteiger partial charge in [-0.15, -0.1) is 0 Å². The van der Waals surface area contributed by atoms with E-state index in [1.165, 1.54) is 15.4 Å². The Morgan fingerprint density at radius 2 is 1.83 bits per heavy atom. The van der Waals surface area contributed by atoms with Gasteiger partial charge < -0.3 is 10.1 Å². The maximum absolute atomic E-state index is 12.9. The van der Waals surface area contributed by atoms with Crippen LogP contribution in [0.1, 0.15) is 35.1 Å². The first-order valence-corrected chi connectivity index (χ1v) is 12.2. The van der Waals surface area contributed by atoms with E-state index in [9.17, 15) is 8.42 Å². The Kier molecular flexibility index (Phi) is 5.14. The zero-order valence-electron chi connectivity index (χ0n) is 16.8. The number of nitrogens with zero attached hydrogens (tertiary/aromatic N) is 1. The Labute approximate surface area is 182 Å². The predicted molar refractivity (Wildman–Crippen MR) is 119 cm³/mol. The van der Waals surface area contributed by atoms with Gasteiger partial charge in [0.25, 0.3) is 0 Å². The molecule has 0 aromatic heterocycles. The van der Waals surface area contributed by atoms with Gasteiger partial charge >= 0.3 is 0 Å². The van der Waals surface area contributed by atoms with Crippen molar-refractivity contribution in [2.75, 3.05) is 31.6 Å². The Bertz CT molecular complexity index is 1090. The number of hydrogen-bond acceptors (Lipinski definition) is 4. The molecule has 158 valence electrons. The molecule has 0 unspecified atom stereocenters. The fourth-order valence-electron chi connectivity index (χ4n) is 4.92. The van der Waals surface area contributed by atoms with E-state index in [1.54, 1.807) is 12.1 Å². The average Bonchev–Trinajstić information content (AvgIpc) is 3.26. The molecule has 30 heavy (non-hydrogen) atoms. The van der Waals surface area contributed by atoms with Crippen LogP contribution in [0, 0.1) is 12.8 Å². The summed E-state index contributed by atoms with van der Waals surface area (Å²) < 4.78 is 32.7. The maximum Gasteiger partial charge on any atom is 0.243 e. The molecule has 1 N–H and O–H groups in total. The summed E-state index contributed by atoms with van der Waals surface area (Å²) in [6, 6.07) is 11.5. The fraction of sp³-hybridized carbons (Fsp3) is 0.391. The summed E-state index contributed by atoms with van der Waals surface area (Å²) in [6.07, 6.45) is 5.47. The molecule has 5 nitrogen and oxygen atoms in total. The first-order valence-electron chi connectivity index (χ1n) is 10.4. The Morgan fingerprint density at radius 3 is 2.57 bits per heavy atom. The highest BCUT2D eigenvalue weighted by molar-refractivity contribution is 7.89. The molecule has 5 rings (SSSR count). The number of fused-ring (bicyclic) bond motifs is 3. The van der Waals surface area contributed by atoms with E-state index in [2.05, 4.69) is 24.4 Å². The van der Waals surface area contributed by atoms with E-state index in [1.807, 2.05) is 24.3 Å². The van der Waals surface area contributed by atoms with Crippen molar-refractivity contribution < 1.29 is 13.2 Å². The van der Waals surface area contributed by atoms with Crippen molar-refractivity contribution in [3.8, 4) is 0 Å². The first-order chi connectivity index (χ1) is 14.5. The van der Waals surface area contributed by atoms with E-state index in [-0.39, 0.29) is 12.0 Å². The third-order valence-corrected chi connectivity index (χ3v) is 8.76. The monoisotopic (exact) mass is 444 g/mol. The van der Waals surface area contributed by atoms with Gasteiger partial charge in [0.2, 0.25) is 10.0 Å². The second kappa shape index (κ2) is 7.68. The summed E-state index contributed by atoms with van der Waals surface area (Å²) in [5.41, 5.74) is 4.55. The van der Waals surface area contributed by atoms with Gasteiger partial charge in [-0.1, -0.05) is 42.0 Å². The van der Waals surface area contributed by atoms with Crippen LogP contribution >= 0.6 is 11.6 Å².